The van der Waals surface area contributed by atoms with Crippen molar-refractivity contribution in [3.05, 3.63) is 59.7 Å². The normalized spacial score (nSPS) is 10.5. The number of benzene rings is 2. The second-order valence-corrected chi connectivity index (χ2v) is 5.76. The molecule has 2 aromatic carbocycles. The number of carbonyl (C=O) groups is 1. The molecule has 25 heavy (non-hydrogen) atoms. The minimum Gasteiger partial charge on any atom is -0.497 e. The second-order valence-electron chi connectivity index (χ2n) is 5.76. The first-order chi connectivity index (χ1) is 12.1. The van der Waals surface area contributed by atoms with Crippen molar-refractivity contribution >= 4 is 11.9 Å². The Morgan fingerprint density at radius 1 is 1.12 bits per heavy atom. The van der Waals surface area contributed by atoms with Gasteiger partial charge in [0.1, 0.15) is 5.75 Å². The van der Waals surface area contributed by atoms with Crippen molar-refractivity contribution in [3.63, 3.8) is 0 Å². The van der Waals surface area contributed by atoms with Crippen LogP contribution < -0.4 is 10.1 Å². The van der Waals surface area contributed by atoms with Gasteiger partial charge in [-0.15, -0.1) is 5.10 Å². The molecule has 0 atom stereocenters. The summed E-state index contributed by atoms with van der Waals surface area (Å²) in [6.07, 6.45) is 0. The Hall–Kier alpha value is -3.15. The topological polar surface area (TPSA) is 69.0 Å². The zero-order chi connectivity index (χ0) is 17.8. The molecule has 0 unspecified atom stereocenters. The Balaban J connectivity index is 1.81. The van der Waals surface area contributed by atoms with Gasteiger partial charge < -0.3 is 10.1 Å². The number of ether oxygens (including phenoxy) is 1. The van der Waals surface area contributed by atoms with E-state index in [9.17, 15) is 4.79 Å². The van der Waals surface area contributed by atoms with Gasteiger partial charge in [0.2, 0.25) is 11.9 Å². The third-order valence-electron chi connectivity index (χ3n) is 3.82. The Morgan fingerprint density at radius 3 is 2.40 bits per heavy atom. The van der Waals surface area contributed by atoms with Crippen LogP contribution in [0.3, 0.4) is 0 Å². The number of nitrogens with one attached hydrogen (secondary N) is 1. The highest BCUT2D eigenvalue weighted by molar-refractivity contribution is 5.79. The number of carbonyl (C=O) groups excluding carboxylic acids is 1. The van der Waals surface area contributed by atoms with Crippen molar-refractivity contribution < 1.29 is 9.53 Å². The Bertz CT molecular complexity index is 867. The average Bonchev–Trinajstić information content (AvgIpc) is 3.05. The van der Waals surface area contributed by atoms with Crippen molar-refractivity contribution in [2.75, 3.05) is 12.4 Å². The molecule has 1 heterocycles. The number of aryl methyl sites for hydroxylation is 1. The van der Waals surface area contributed by atoms with Crippen LogP contribution in [0.15, 0.2) is 48.5 Å². The molecule has 3 rings (SSSR count). The van der Waals surface area contributed by atoms with Crippen molar-refractivity contribution in [2.24, 2.45) is 0 Å². The summed E-state index contributed by atoms with van der Waals surface area (Å²) in [5.41, 5.74) is 3.08. The SMILES string of the molecule is COc1ccc(CNc2nc(-c3ccc(C)cc3)nn2C(C)=O)cc1. The van der Waals surface area contributed by atoms with Gasteiger partial charge >= 0.3 is 0 Å². The van der Waals surface area contributed by atoms with Crippen LogP contribution >= 0.6 is 0 Å². The van der Waals surface area contributed by atoms with E-state index in [1.807, 2.05) is 55.5 Å². The maximum Gasteiger partial charge on any atom is 0.246 e. The summed E-state index contributed by atoms with van der Waals surface area (Å²) < 4.78 is 6.44. The zero-order valence-corrected chi connectivity index (χ0v) is 14.5. The van der Waals surface area contributed by atoms with E-state index < -0.39 is 0 Å². The molecular weight excluding hydrogens is 316 g/mol. The van der Waals surface area contributed by atoms with Crippen molar-refractivity contribution in [2.45, 2.75) is 20.4 Å². The molecule has 0 spiro atoms. The van der Waals surface area contributed by atoms with Crippen molar-refractivity contribution in [3.8, 4) is 17.1 Å². The Kier molecular flexibility index (Phi) is 4.79. The number of methoxy groups -OCH3 is 1. The van der Waals surface area contributed by atoms with Gasteiger partial charge in [-0.05, 0) is 24.6 Å². The number of hydrogen-bond donors (Lipinski definition) is 1. The number of aromatic nitrogens is 3. The maximum absolute atomic E-state index is 11.9. The number of hydrogen-bond acceptors (Lipinski definition) is 5. The highest BCUT2D eigenvalue weighted by atomic mass is 16.5. The highest BCUT2D eigenvalue weighted by Gasteiger charge is 2.14. The van der Waals surface area contributed by atoms with E-state index in [2.05, 4.69) is 15.4 Å². The second kappa shape index (κ2) is 7.17. The largest absolute Gasteiger partial charge is 0.497 e. The van der Waals surface area contributed by atoms with Crippen LogP contribution in [-0.2, 0) is 6.54 Å². The maximum atomic E-state index is 11.9. The van der Waals surface area contributed by atoms with Crippen LogP contribution in [0, 0.1) is 6.92 Å². The summed E-state index contributed by atoms with van der Waals surface area (Å²) in [6, 6.07) is 15.6. The molecule has 0 amide bonds. The lowest BCUT2D eigenvalue weighted by Gasteiger charge is -2.06. The molecule has 0 saturated heterocycles. The van der Waals surface area contributed by atoms with Gasteiger partial charge in [-0.2, -0.15) is 9.67 Å². The van der Waals surface area contributed by atoms with Gasteiger partial charge in [-0.1, -0.05) is 42.0 Å². The summed E-state index contributed by atoms with van der Waals surface area (Å²) in [7, 11) is 1.63. The van der Waals surface area contributed by atoms with Crippen molar-refractivity contribution in [1.29, 1.82) is 0 Å². The Labute approximate surface area is 146 Å². The first kappa shape index (κ1) is 16.7. The van der Waals surface area contributed by atoms with Crippen LogP contribution in [0.25, 0.3) is 11.4 Å². The number of nitrogens with zero attached hydrogens (tertiary/aromatic N) is 3. The average molecular weight is 336 g/mol. The molecule has 0 bridgehead atoms. The predicted octanol–water partition coefficient (Wildman–Crippen LogP) is 3.53. The van der Waals surface area contributed by atoms with Gasteiger partial charge in [-0.3, -0.25) is 4.79 Å². The number of rotatable bonds is 5. The van der Waals surface area contributed by atoms with Gasteiger partial charge in [0.05, 0.1) is 7.11 Å². The molecule has 128 valence electrons. The van der Waals surface area contributed by atoms with Crippen LogP contribution in [-0.4, -0.2) is 27.8 Å². The monoisotopic (exact) mass is 336 g/mol. The summed E-state index contributed by atoms with van der Waals surface area (Å²) >= 11 is 0. The van der Waals surface area contributed by atoms with Crippen LogP contribution in [0.5, 0.6) is 5.75 Å². The molecule has 6 nitrogen and oxygen atoms in total. The molecular formula is C19H20N4O2. The van der Waals surface area contributed by atoms with E-state index in [0.29, 0.717) is 18.3 Å². The smallest absolute Gasteiger partial charge is 0.246 e. The summed E-state index contributed by atoms with van der Waals surface area (Å²) in [6.45, 7) is 4.02. The molecule has 0 aliphatic rings. The van der Waals surface area contributed by atoms with Crippen LogP contribution in [0.4, 0.5) is 5.95 Å². The third-order valence-corrected chi connectivity index (χ3v) is 3.82. The third kappa shape index (κ3) is 3.85. The van der Waals surface area contributed by atoms with E-state index in [-0.39, 0.29) is 5.91 Å². The summed E-state index contributed by atoms with van der Waals surface area (Å²) in [5, 5.41) is 7.50. The van der Waals surface area contributed by atoms with Crippen molar-refractivity contribution in [1.82, 2.24) is 14.8 Å². The molecule has 6 heteroatoms. The molecule has 0 aliphatic heterocycles. The van der Waals surface area contributed by atoms with Gasteiger partial charge in [0.15, 0.2) is 5.82 Å². The fraction of sp³-hybridized carbons (Fsp3) is 0.211. The van der Waals surface area contributed by atoms with E-state index in [4.69, 9.17) is 4.74 Å². The first-order valence-corrected chi connectivity index (χ1v) is 7.98. The minimum atomic E-state index is -0.192. The van der Waals surface area contributed by atoms with E-state index in [1.165, 1.54) is 11.6 Å². The number of anilines is 1. The molecule has 0 radical (unpaired) electrons. The predicted molar refractivity (Wildman–Crippen MR) is 96.8 cm³/mol. The molecule has 0 aliphatic carbocycles. The van der Waals surface area contributed by atoms with E-state index in [0.717, 1.165) is 22.4 Å². The highest BCUT2D eigenvalue weighted by Crippen LogP contribution is 2.19. The Morgan fingerprint density at radius 2 is 1.80 bits per heavy atom. The van der Waals surface area contributed by atoms with Gasteiger partial charge in [-0.25, -0.2) is 0 Å². The fourth-order valence-electron chi connectivity index (χ4n) is 2.40. The minimum absolute atomic E-state index is 0.192. The molecule has 0 saturated carbocycles. The zero-order valence-electron chi connectivity index (χ0n) is 14.5. The lowest BCUT2D eigenvalue weighted by molar-refractivity contribution is 0.0924. The van der Waals surface area contributed by atoms with Crippen LogP contribution in [0.2, 0.25) is 0 Å². The fourth-order valence-corrected chi connectivity index (χ4v) is 2.40. The standard InChI is InChI=1S/C19H20N4O2/c1-13-4-8-16(9-5-13)18-21-19(23(22-18)14(2)24)20-12-15-6-10-17(25-3)11-7-15/h4-11H,12H2,1-3H3,(H,20,21,22). The first-order valence-electron chi connectivity index (χ1n) is 7.98. The van der Waals surface area contributed by atoms with Gasteiger partial charge in [0.25, 0.3) is 0 Å². The lowest BCUT2D eigenvalue weighted by atomic mass is 10.1. The summed E-state index contributed by atoms with van der Waals surface area (Å²) in [4.78, 5) is 16.3. The molecule has 1 N–H and O–H groups in total. The molecule has 0 fully saturated rings. The lowest BCUT2D eigenvalue weighted by Crippen LogP contribution is -2.13. The quantitative estimate of drug-likeness (QED) is 0.772. The van der Waals surface area contributed by atoms with E-state index in [1.54, 1.807) is 7.11 Å². The summed E-state index contributed by atoms with van der Waals surface area (Å²) in [5.74, 6) is 1.56. The van der Waals surface area contributed by atoms with E-state index >= 15 is 0 Å². The van der Waals surface area contributed by atoms with Gasteiger partial charge in [0, 0.05) is 19.0 Å². The molecule has 1 aromatic heterocycles. The molecule has 3 aromatic rings. The van der Waals surface area contributed by atoms with Crippen LogP contribution in [0.1, 0.15) is 22.8 Å².